The van der Waals surface area contributed by atoms with Gasteiger partial charge in [0.15, 0.2) is 5.13 Å². The zero-order valence-corrected chi connectivity index (χ0v) is 19.1. The number of anilines is 1. The van der Waals surface area contributed by atoms with Crippen LogP contribution < -0.4 is 10.1 Å². The summed E-state index contributed by atoms with van der Waals surface area (Å²) in [4.78, 5) is 13.6. The highest BCUT2D eigenvalue weighted by molar-refractivity contribution is 7.22. The molecule has 0 aliphatic heterocycles. The molecular weight excluding hydrogens is 420 g/mol. The fourth-order valence-corrected chi connectivity index (χ4v) is 5.07. The lowest BCUT2D eigenvalue weighted by Gasteiger charge is -2.21. The molecule has 1 aliphatic carbocycles. The number of benzene rings is 1. The number of ether oxygens (including phenoxy) is 1. The molecular formula is C24H28N6OS. The predicted octanol–water partition coefficient (Wildman–Crippen LogP) is 6.14. The molecule has 1 saturated carbocycles. The van der Waals surface area contributed by atoms with Crippen LogP contribution in [0.1, 0.15) is 45.4 Å². The maximum atomic E-state index is 6.02. The summed E-state index contributed by atoms with van der Waals surface area (Å²) in [5.41, 5.74) is 2.66. The summed E-state index contributed by atoms with van der Waals surface area (Å²) in [5, 5.41) is 8.90. The zero-order valence-electron chi connectivity index (χ0n) is 18.3. The van der Waals surface area contributed by atoms with Gasteiger partial charge in [-0.2, -0.15) is 5.10 Å². The minimum absolute atomic E-state index is 0.463. The van der Waals surface area contributed by atoms with E-state index in [1.165, 1.54) is 32.1 Å². The second-order valence-corrected chi connectivity index (χ2v) is 9.40. The van der Waals surface area contributed by atoms with Gasteiger partial charge in [0.05, 0.1) is 34.5 Å². The average Bonchev–Trinajstić information content (AvgIpc) is 3.45. The molecule has 1 aromatic carbocycles. The number of thiazole rings is 1. The van der Waals surface area contributed by atoms with Crippen LogP contribution in [0.4, 0.5) is 5.13 Å². The van der Waals surface area contributed by atoms with Crippen LogP contribution in [0.3, 0.4) is 0 Å². The first-order chi connectivity index (χ1) is 15.8. The van der Waals surface area contributed by atoms with E-state index in [9.17, 15) is 0 Å². The molecule has 0 amide bonds. The smallest absolute Gasteiger partial charge is 0.238 e. The quantitative estimate of drug-likeness (QED) is 0.349. The Kier molecular flexibility index (Phi) is 6.29. The van der Waals surface area contributed by atoms with Gasteiger partial charge in [-0.25, -0.2) is 9.97 Å². The van der Waals surface area contributed by atoms with Gasteiger partial charge in [-0.1, -0.05) is 37.5 Å². The second kappa shape index (κ2) is 9.65. The van der Waals surface area contributed by atoms with E-state index in [4.69, 9.17) is 9.72 Å². The normalized spacial score (nSPS) is 14.7. The molecule has 32 heavy (non-hydrogen) atoms. The Bertz CT molecular complexity index is 1180. The minimum Gasteiger partial charge on any atom is -0.437 e. The summed E-state index contributed by atoms with van der Waals surface area (Å²) in [6, 6.07) is 5.95. The van der Waals surface area contributed by atoms with Gasteiger partial charge in [0.25, 0.3) is 0 Å². The van der Waals surface area contributed by atoms with Crippen molar-refractivity contribution in [3.05, 3.63) is 43.0 Å². The Morgan fingerprint density at radius 1 is 1.12 bits per heavy atom. The van der Waals surface area contributed by atoms with E-state index in [0.717, 1.165) is 57.8 Å². The molecule has 3 heterocycles. The van der Waals surface area contributed by atoms with Gasteiger partial charge in [-0.05, 0) is 37.3 Å². The number of nitrogens with zero attached hydrogens (tertiary/aromatic N) is 5. The van der Waals surface area contributed by atoms with Gasteiger partial charge in [-0.3, -0.25) is 9.67 Å². The van der Waals surface area contributed by atoms with Crippen molar-refractivity contribution in [1.82, 2.24) is 24.7 Å². The molecule has 1 N–H and O–H groups in total. The molecule has 0 atom stereocenters. The molecule has 0 bridgehead atoms. The summed E-state index contributed by atoms with van der Waals surface area (Å²) >= 11 is 1.67. The van der Waals surface area contributed by atoms with Crippen LogP contribution in [-0.2, 0) is 6.54 Å². The van der Waals surface area contributed by atoms with E-state index in [1.807, 2.05) is 35.3 Å². The number of hydrogen-bond donors (Lipinski definition) is 1. The standard InChI is InChI=1S/C24H28N6OS/c1-2-10-30-16-18(13-27-30)21-14-25-15-23(28-21)31-19-8-9-20-22(11-19)32-24(29-20)26-12-17-6-4-3-5-7-17/h8-9,11,13-17H,2-7,10,12H2,1H3,(H,26,29). The molecule has 3 aromatic heterocycles. The molecule has 166 valence electrons. The first-order valence-corrected chi connectivity index (χ1v) is 12.3. The van der Waals surface area contributed by atoms with Crippen LogP contribution in [0.15, 0.2) is 43.0 Å². The molecule has 7 nitrogen and oxygen atoms in total. The molecule has 0 spiro atoms. The lowest BCUT2D eigenvalue weighted by Crippen LogP contribution is -2.16. The Morgan fingerprint density at radius 2 is 2.03 bits per heavy atom. The summed E-state index contributed by atoms with van der Waals surface area (Å²) in [6.07, 6.45) is 15.0. The van der Waals surface area contributed by atoms with Crippen molar-refractivity contribution in [1.29, 1.82) is 0 Å². The Balaban J connectivity index is 1.27. The van der Waals surface area contributed by atoms with Crippen LogP contribution >= 0.6 is 11.3 Å². The minimum atomic E-state index is 0.463. The van der Waals surface area contributed by atoms with Gasteiger partial charge in [0.1, 0.15) is 5.75 Å². The lowest BCUT2D eigenvalue weighted by molar-refractivity contribution is 0.373. The van der Waals surface area contributed by atoms with Crippen LogP contribution in [0.25, 0.3) is 21.5 Å². The highest BCUT2D eigenvalue weighted by atomic mass is 32.1. The molecule has 8 heteroatoms. The van der Waals surface area contributed by atoms with E-state index in [-0.39, 0.29) is 0 Å². The van der Waals surface area contributed by atoms with E-state index in [2.05, 4.69) is 27.3 Å². The van der Waals surface area contributed by atoms with Gasteiger partial charge < -0.3 is 10.1 Å². The molecule has 4 aromatic rings. The van der Waals surface area contributed by atoms with Crippen molar-refractivity contribution in [2.24, 2.45) is 5.92 Å². The van der Waals surface area contributed by atoms with Gasteiger partial charge >= 0.3 is 0 Å². The Hall–Kier alpha value is -3.00. The van der Waals surface area contributed by atoms with Crippen molar-refractivity contribution in [3.63, 3.8) is 0 Å². The maximum Gasteiger partial charge on any atom is 0.238 e. The summed E-state index contributed by atoms with van der Waals surface area (Å²) in [6.45, 7) is 4.03. The highest BCUT2D eigenvalue weighted by Gasteiger charge is 2.14. The largest absolute Gasteiger partial charge is 0.437 e. The topological polar surface area (TPSA) is 77.8 Å². The molecule has 0 saturated heterocycles. The zero-order chi connectivity index (χ0) is 21.8. The van der Waals surface area contributed by atoms with Crippen LogP contribution in [-0.4, -0.2) is 31.3 Å². The Morgan fingerprint density at radius 3 is 2.91 bits per heavy atom. The van der Waals surface area contributed by atoms with Crippen LogP contribution in [0.2, 0.25) is 0 Å². The van der Waals surface area contributed by atoms with Gasteiger partial charge in [0, 0.05) is 30.9 Å². The SMILES string of the molecule is CCCn1cc(-c2cncc(Oc3ccc4nc(NCC5CCCCC5)sc4c3)n2)cn1. The number of hydrogen-bond acceptors (Lipinski definition) is 7. The molecule has 1 fully saturated rings. The first kappa shape index (κ1) is 20.9. The van der Waals surface area contributed by atoms with Gasteiger partial charge in [0.2, 0.25) is 5.88 Å². The second-order valence-electron chi connectivity index (χ2n) is 8.37. The fourth-order valence-electron chi connectivity index (χ4n) is 4.17. The van der Waals surface area contributed by atoms with E-state index in [0.29, 0.717) is 5.88 Å². The maximum absolute atomic E-state index is 6.02. The fraction of sp³-hybridized carbons (Fsp3) is 0.417. The monoisotopic (exact) mass is 448 g/mol. The third kappa shape index (κ3) is 4.91. The third-order valence-corrected chi connectivity index (χ3v) is 6.82. The van der Waals surface area contributed by atoms with Crippen molar-refractivity contribution >= 4 is 26.7 Å². The number of fused-ring (bicyclic) bond motifs is 1. The van der Waals surface area contributed by atoms with E-state index in [1.54, 1.807) is 23.7 Å². The molecule has 0 unspecified atom stereocenters. The number of aryl methyl sites for hydroxylation is 1. The summed E-state index contributed by atoms with van der Waals surface area (Å²) in [7, 11) is 0. The summed E-state index contributed by atoms with van der Waals surface area (Å²) in [5.74, 6) is 1.97. The Labute approximate surface area is 191 Å². The summed E-state index contributed by atoms with van der Waals surface area (Å²) < 4.78 is 9.04. The van der Waals surface area contributed by atoms with Crippen molar-refractivity contribution in [3.8, 4) is 22.9 Å². The number of rotatable bonds is 8. The first-order valence-electron chi connectivity index (χ1n) is 11.4. The van der Waals surface area contributed by atoms with Crippen molar-refractivity contribution < 1.29 is 4.74 Å². The highest BCUT2D eigenvalue weighted by Crippen LogP contribution is 2.32. The number of aromatic nitrogens is 5. The number of nitrogens with one attached hydrogen (secondary N) is 1. The lowest BCUT2D eigenvalue weighted by atomic mass is 9.89. The third-order valence-electron chi connectivity index (χ3n) is 5.84. The van der Waals surface area contributed by atoms with E-state index < -0.39 is 0 Å². The molecule has 5 rings (SSSR count). The molecule has 0 radical (unpaired) electrons. The van der Waals surface area contributed by atoms with Crippen molar-refractivity contribution in [2.45, 2.75) is 52.0 Å². The van der Waals surface area contributed by atoms with Gasteiger partial charge in [-0.15, -0.1) is 0 Å². The van der Waals surface area contributed by atoms with Crippen molar-refractivity contribution in [2.75, 3.05) is 11.9 Å². The van der Waals surface area contributed by atoms with Crippen LogP contribution in [0, 0.1) is 5.92 Å². The molecule has 1 aliphatic rings. The average molecular weight is 449 g/mol. The van der Waals surface area contributed by atoms with Crippen LogP contribution in [0.5, 0.6) is 11.6 Å². The van der Waals surface area contributed by atoms with E-state index >= 15 is 0 Å². The predicted molar refractivity (Wildman–Crippen MR) is 128 cm³/mol.